The molecule has 0 spiro atoms. The van der Waals surface area contributed by atoms with Crippen molar-refractivity contribution in [2.24, 2.45) is 5.10 Å². The number of ether oxygens (including phenoxy) is 1. The van der Waals surface area contributed by atoms with Gasteiger partial charge in [0.05, 0.1) is 34.1 Å². The average Bonchev–Trinajstić information content (AvgIpc) is 2.86. The molecule has 0 atom stereocenters. The fourth-order valence-electron chi connectivity index (χ4n) is 2.34. The van der Waals surface area contributed by atoms with Gasteiger partial charge in [-0.25, -0.2) is 0 Å². The number of anilines is 1. The maximum atomic E-state index is 12.7. The van der Waals surface area contributed by atoms with E-state index in [2.05, 4.69) is 5.10 Å². The summed E-state index contributed by atoms with van der Waals surface area (Å²) < 4.78 is 5.13. The van der Waals surface area contributed by atoms with Crippen LogP contribution in [0.4, 0.5) is 5.69 Å². The second kappa shape index (κ2) is 6.67. The van der Waals surface area contributed by atoms with Gasteiger partial charge in [-0.05, 0) is 48.9 Å². The molecule has 2 aromatic carbocycles. The molecule has 0 aliphatic carbocycles. The maximum Gasteiger partial charge on any atom is 0.280 e. The molecule has 0 aromatic heterocycles. The van der Waals surface area contributed by atoms with E-state index in [-0.39, 0.29) is 5.91 Å². The Hall–Kier alpha value is -2.30. The number of carbonyl (C=O) groups excluding carboxylic acids is 1. The SMILES string of the molecule is COc1ccc(C=C2C(=O)N(c3ccc(Cl)c(Cl)c3)N=C2C)cc1. The van der Waals surface area contributed by atoms with Crippen LogP contribution in [0.1, 0.15) is 12.5 Å². The number of benzene rings is 2. The van der Waals surface area contributed by atoms with Crippen LogP contribution in [0.5, 0.6) is 5.75 Å². The summed E-state index contributed by atoms with van der Waals surface area (Å²) in [6, 6.07) is 12.4. The molecule has 122 valence electrons. The average molecular weight is 361 g/mol. The molecule has 0 unspecified atom stereocenters. The van der Waals surface area contributed by atoms with E-state index in [1.54, 1.807) is 38.3 Å². The van der Waals surface area contributed by atoms with Crippen molar-refractivity contribution in [2.45, 2.75) is 6.92 Å². The van der Waals surface area contributed by atoms with Gasteiger partial charge in [0.2, 0.25) is 0 Å². The molecule has 1 amide bonds. The van der Waals surface area contributed by atoms with Crippen LogP contribution in [0.25, 0.3) is 6.08 Å². The van der Waals surface area contributed by atoms with Gasteiger partial charge in [-0.3, -0.25) is 4.79 Å². The molecular formula is C18H14Cl2N2O2. The Kier molecular flexibility index (Phi) is 4.60. The molecule has 3 rings (SSSR count). The van der Waals surface area contributed by atoms with Gasteiger partial charge in [-0.2, -0.15) is 10.1 Å². The third kappa shape index (κ3) is 3.16. The molecule has 0 radical (unpaired) electrons. The number of hydrogen-bond donors (Lipinski definition) is 0. The van der Waals surface area contributed by atoms with Crippen LogP contribution < -0.4 is 9.75 Å². The van der Waals surface area contributed by atoms with E-state index >= 15 is 0 Å². The van der Waals surface area contributed by atoms with Gasteiger partial charge in [0.1, 0.15) is 5.75 Å². The number of carbonyl (C=O) groups is 1. The Morgan fingerprint density at radius 1 is 1.08 bits per heavy atom. The predicted molar refractivity (Wildman–Crippen MR) is 98.0 cm³/mol. The topological polar surface area (TPSA) is 41.9 Å². The first-order chi connectivity index (χ1) is 11.5. The van der Waals surface area contributed by atoms with Crippen molar-refractivity contribution in [1.82, 2.24) is 0 Å². The molecule has 6 heteroatoms. The van der Waals surface area contributed by atoms with Crippen LogP contribution in [-0.4, -0.2) is 18.7 Å². The van der Waals surface area contributed by atoms with Crippen LogP contribution in [0, 0.1) is 0 Å². The van der Waals surface area contributed by atoms with E-state index in [0.717, 1.165) is 11.3 Å². The first kappa shape index (κ1) is 16.6. The molecule has 24 heavy (non-hydrogen) atoms. The zero-order valence-corrected chi connectivity index (χ0v) is 14.6. The fourth-order valence-corrected chi connectivity index (χ4v) is 2.64. The van der Waals surface area contributed by atoms with Gasteiger partial charge in [0, 0.05) is 0 Å². The lowest BCUT2D eigenvalue weighted by Crippen LogP contribution is -2.21. The molecule has 1 heterocycles. The van der Waals surface area contributed by atoms with Crippen LogP contribution in [-0.2, 0) is 4.79 Å². The van der Waals surface area contributed by atoms with Crippen molar-refractivity contribution >= 4 is 46.6 Å². The first-order valence-electron chi connectivity index (χ1n) is 7.20. The highest BCUT2D eigenvalue weighted by atomic mass is 35.5. The fraction of sp³-hybridized carbons (Fsp3) is 0.111. The second-order valence-corrected chi connectivity index (χ2v) is 6.05. The quantitative estimate of drug-likeness (QED) is 0.737. The molecule has 1 aliphatic heterocycles. The third-order valence-electron chi connectivity index (χ3n) is 3.64. The van der Waals surface area contributed by atoms with Crippen molar-refractivity contribution in [3.05, 3.63) is 63.6 Å². The van der Waals surface area contributed by atoms with Crippen molar-refractivity contribution in [3.63, 3.8) is 0 Å². The summed E-state index contributed by atoms with van der Waals surface area (Å²) in [5.74, 6) is 0.555. The standard InChI is InChI=1S/C18H14Cl2N2O2/c1-11-15(9-12-3-6-14(24-2)7-4-12)18(23)22(21-11)13-5-8-16(19)17(20)10-13/h3-10H,1-2H3. The zero-order valence-electron chi connectivity index (χ0n) is 13.1. The van der Waals surface area contributed by atoms with Crippen molar-refractivity contribution in [3.8, 4) is 5.75 Å². The molecule has 0 N–H and O–H groups in total. The number of methoxy groups -OCH3 is 1. The van der Waals surface area contributed by atoms with Crippen molar-refractivity contribution in [2.75, 3.05) is 12.1 Å². The Balaban J connectivity index is 1.91. The Labute approximate surface area is 149 Å². The second-order valence-electron chi connectivity index (χ2n) is 5.23. The van der Waals surface area contributed by atoms with Crippen LogP contribution in [0.15, 0.2) is 53.1 Å². The summed E-state index contributed by atoms with van der Waals surface area (Å²) in [6.07, 6.45) is 1.80. The van der Waals surface area contributed by atoms with E-state index in [4.69, 9.17) is 27.9 Å². The summed E-state index contributed by atoms with van der Waals surface area (Å²) >= 11 is 11.9. The van der Waals surface area contributed by atoms with Gasteiger partial charge in [0.25, 0.3) is 5.91 Å². The minimum atomic E-state index is -0.207. The maximum absolute atomic E-state index is 12.7. The first-order valence-corrected chi connectivity index (χ1v) is 7.96. The van der Waals surface area contributed by atoms with E-state index in [1.807, 2.05) is 24.3 Å². The number of amides is 1. The number of halogens is 2. The minimum absolute atomic E-state index is 0.207. The molecule has 2 aromatic rings. The Morgan fingerprint density at radius 3 is 2.42 bits per heavy atom. The molecule has 1 aliphatic rings. The van der Waals surface area contributed by atoms with Crippen LogP contribution in [0.2, 0.25) is 10.0 Å². The summed E-state index contributed by atoms with van der Waals surface area (Å²) in [6.45, 7) is 1.80. The third-order valence-corrected chi connectivity index (χ3v) is 4.38. The Bertz CT molecular complexity index is 858. The van der Waals surface area contributed by atoms with Crippen LogP contribution in [0.3, 0.4) is 0 Å². The number of nitrogens with zero attached hydrogens (tertiary/aromatic N) is 2. The minimum Gasteiger partial charge on any atom is -0.497 e. The highest BCUT2D eigenvalue weighted by Gasteiger charge is 2.28. The lowest BCUT2D eigenvalue weighted by atomic mass is 10.1. The van der Waals surface area contributed by atoms with E-state index < -0.39 is 0 Å². The van der Waals surface area contributed by atoms with Crippen molar-refractivity contribution in [1.29, 1.82) is 0 Å². The van der Waals surface area contributed by atoms with Crippen LogP contribution >= 0.6 is 23.2 Å². The number of hydrogen-bond acceptors (Lipinski definition) is 3. The number of rotatable bonds is 3. The summed E-state index contributed by atoms with van der Waals surface area (Å²) in [5, 5.41) is 6.46. The van der Waals surface area contributed by atoms with Gasteiger partial charge in [-0.15, -0.1) is 0 Å². The zero-order chi connectivity index (χ0) is 17.3. The molecule has 4 nitrogen and oxygen atoms in total. The summed E-state index contributed by atoms with van der Waals surface area (Å²) in [4.78, 5) is 12.7. The van der Waals surface area contributed by atoms with Gasteiger partial charge >= 0.3 is 0 Å². The van der Waals surface area contributed by atoms with Gasteiger partial charge in [0.15, 0.2) is 0 Å². The molecule has 0 fully saturated rings. The largest absolute Gasteiger partial charge is 0.497 e. The van der Waals surface area contributed by atoms with E-state index in [1.165, 1.54) is 5.01 Å². The molecule has 0 saturated carbocycles. The number of hydrazone groups is 1. The highest BCUT2D eigenvalue weighted by Crippen LogP contribution is 2.30. The lowest BCUT2D eigenvalue weighted by Gasteiger charge is -2.12. The van der Waals surface area contributed by atoms with Gasteiger partial charge in [-0.1, -0.05) is 35.3 Å². The molecular weight excluding hydrogens is 347 g/mol. The van der Waals surface area contributed by atoms with Gasteiger partial charge < -0.3 is 4.74 Å². The Morgan fingerprint density at radius 2 is 1.79 bits per heavy atom. The summed E-state index contributed by atoms with van der Waals surface area (Å²) in [5.41, 5.74) is 2.64. The van der Waals surface area contributed by atoms with E-state index in [0.29, 0.717) is 27.0 Å². The van der Waals surface area contributed by atoms with E-state index in [9.17, 15) is 4.79 Å². The summed E-state index contributed by atoms with van der Waals surface area (Å²) in [7, 11) is 1.61. The normalized spacial score (nSPS) is 15.8. The predicted octanol–water partition coefficient (Wildman–Crippen LogP) is 4.81. The highest BCUT2D eigenvalue weighted by molar-refractivity contribution is 6.42. The lowest BCUT2D eigenvalue weighted by molar-refractivity contribution is -0.114. The monoisotopic (exact) mass is 360 g/mol. The molecule has 0 saturated heterocycles. The molecule has 0 bridgehead atoms. The smallest absolute Gasteiger partial charge is 0.280 e. The van der Waals surface area contributed by atoms with Crippen molar-refractivity contribution < 1.29 is 9.53 Å².